The van der Waals surface area contributed by atoms with Crippen LogP contribution in [0.25, 0.3) is 0 Å². The predicted octanol–water partition coefficient (Wildman–Crippen LogP) is 2.12. The monoisotopic (exact) mass is 380 g/mol. The van der Waals surface area contributed by atoms with Crippen LogP contribution in [0.4, 0.5) is 0 Å². The van der Waals surface area contributed by atoms with E-state index >= 15 is 0 Å². The van der Waals surface area contributed by atoms with Crippen LogP contribution in [0, 0.1) is 0 Å². The number of rotatable bonds is 9. The average Bonchev–Trinajstić information content (AvgIpc) is 3.13. The number of carboxylic acid groups (broad SMARTS) is 1. The maximum Gasteiger partial charge on any atom is 0.355 e. The summed E-state index contributed by atoms with van der Waals surface area (Å²) >= 11 is 1.19. The van der Waals surface area contributed by atoms with E-state index in [4.69, 9.17) is 19.3 Å². The van der Waals surface area contributed by atoms with Crippen LogP contribution in [0.3, 0.4) is 0 Å². The lowest BCUT2D eigenvalue weighted by molar-refractivity contribution is -0.121. The third kappa shape index (κ3) is 4.63. The van der Waals surface area contributed by atoms with Gasteiger partial charge in [-0.15, -0.1) is 11.3 Å². The van der Waals surface area contributed by atoms with E-state index in [2.05, 4.69) is 10.3 Å². The van der Waals surface area contributed by atoms with Gasteiger partial charge in [0, 0.05) is 11.8 Å². The molecule has 0 unspecified atom stereocenters. The molecule has 1 heterocycles. The average molecular weight is 380 g/mol. The van der Waals surface area contributed by atoms with Crippen molar-refractivity contribution >= 4 is 23.2 Å². The van der Waals surface area contributed by atoms with Gasteiger partial charge in [-0.25, -0.2) is 9.78 Å². The number of amides is 1. The number of hydrogen-bond acceptors (Lipinski definition) is 7. The molecule has 0 bridgehead atoms. The number of carbonyl (C=O) groups is 2. The molecule has 0 aliphatic heterocycles. The Morgan fingerprint density at radius 1 is 1.15 bits per heavy atom. The summed E-state index contributed by atoms with van der Waals surface area (Å²) in [7, 11) is 4.60. The topological polar surface area (TPSA) is 107 Å². The largest absolute Gasteiger partial charge is 0.493 e. The number of aryl methyl sites for hydroxylation is 1. The highest BCUT2D eigenvalue weighted by molar-refractivity contribution is 7.09. The number of nitrogens with one attached hydrogen (secondary N) is 1. The van der Waals surface area contributed by atoms with Gasteiger partial charge in [0.25, 0.3) is 0 Å². The predicted molar refractivity (Wildman–Crippen MR) is 95.3 cm³/mol. The summed E-state index contributed by atoms with van der Waals surface area (Å²) in [5.74, 6) is 0.311. The molecule has 26 heavy (non-hydrogen) atoms. The number of benzene rings is 1. The third-order valence-electron chi connectivity index (χ3n) is 3.61. The first kappa shape index (κ1) is 19.5. The van der Waals surface area contributed by atoms with Crippen molar-refractivity contribution in [3.8, 4) is 17.2 Å². The molecule has 140 valence electrons. The molecule has 0 saturated carbocycles. The summed E-state index contributed by atoms with van der Waals surface area (Å²) in [6.07, 6.45) is 0.691. The fraction of sp³-hybridized carbons (Fsp3) is 0.353. The maximum absolute atomic E-state index is 12.1. The molecule has 9 heteroatoms. The fourth-order valence-corrected chi connectivity index (χ4v) is 3.07. The van der Waals surface area contributed by atoms with Crippen LogP contribution >= 0.6 is 11.3 Å². The molecular weight excluding hydrogens is 360 g/mol. The van der Waals surface area contributed by atoms with Crippen LogP contribution < -0.4 is 19.5 Å². The third-order valence-corrected chi connectivity index (χ3v) is 4.46. The van der Waals surface area contributed by atoms with Crippen molar-refractivity contribution in [3.63, 3.8) is 0 Å². The van der Waals surface area contributed by atoms with E-state index < -0.39 is 5.97 Å². The highest BCUT2D eigenvalue weighted by Crippen LogP contribution is 2.40. The summed E-state index contributed by atoms with van der Waals surface area (Å²) in [6, 6.07) is 3.59. The molecule has 0 saturated heterocycles. The first-order chi connectivity index (χ1) is 12.5. The van der Waals surface area contributed by atoms with Crippen molar-refractivity contribution in [2.75, 3.05) is 21.3 Å². The van der Waals surface area contributed by atoms with Gasteiger partial charge in [0.1, 0.15) is 5.01 Å². The first-order valence-corrected chi connectivity index (χ1v) is 8.60. The van der Waals surface area contributed by atoms with Gasteiger partial charge in [-0.1, -0.05) is 6.07 Å². The molecule has 0 aliphatic carbocycles. The van der Waals surface area contributed by atoms with Crippen LogP contribution in [0.1, 0.15) is 27.5 Å². The van der Waals surface area contributed by atoms with Crippen molar-refractivity contribution in [2.45, 2.75) is 19.4 Å². The smallest absolute Gasteiger partial charge is 0.355 e. The second-order valence-electron chi connectivity index (χ2n) is 5.20. The minimum Gasteiger partial charge on any atom is -0.493 e. The van der Waals surface area contributed by atoms with E-state index in [1.165, 1.54) is 30.9 Å². The standard InChI is InChI=1S/C17H20N2O6S/c1-23-12-6-4-10(15(24-2)16(12)25-3)5-7-13(20)18-8-14-19-11(9-26-14)17(21)22/h4,6,9H,5,7-8H2,1-3H3,(H,18,20)(H,21,22). The van der Waals surface area contributed by atoms with Crippen molar-refractivity contribution in [2.24, 2.45) is 0 Å². The van der Waals surface area contributed by atoms with Crippen LogP contribution in [-0.2, 0) is 17.8 Å². The quantitative estimate of drug-likeness (QED) is 0.686. The van der Waals surface area contributed by atoms with Gasteiger partial charge >= 0.3 is 5.97 Å². The molecule has 1 aromatic carbocycles. The summed E-state index contributed by atoms with van der Waals surface area (Å²) in [4.78, 5) is 26.8. The van der Waals surface area contributed by atoms with Crippen molar-refractivity contribution in [1.29, 1.82) is 0 Å². The Hall–Kier alpha value is -2.81. The van der Waals surface area contributed by atoms with Gasteiger partial charge < -0.3 is 24.6 Å². The molecule has 8 nitrogen and oxygen atoms in total. The van der Waals surface area contributed by atoms with Gasteiger partial charge in [0.2, 0.25) is 11.7 Å². The van der Waals surface area contributed by atoms with Gasteiger partial charge in [0.05, 0.1) is 27.9 Å². The summed E-state index contributed by atoms with van der Waals surface area (Å²) < 4.78 is 16.0. The molecule has 1 amide bonds. The Bertz CT molecular complexity index is 790. The number of carbonyl (C=O) groups excluding carboxylic acids is 1. The molecule has 0 atom stereocenters. The Morgan fingerprint density at radius 3 is 2.46 bits per heavy atom. The van der Waals surface area contributed by atoms with Gasteiger partial charge in [-0.3, -0.25) is 4.79 Å². The van der Waals surface area contributed by atoms with E-state index in [-0.39, 0.29) is 24.6 Å². The maximum atomic E-state index is 12.1. The molecule has 0 spiro atoms. The zero-order chi connectivity index (χ0) is 19.1. The van der Waals surface area contributed by atoms with E-state index in [1.54, 1.807) is 13.2 Å². The number of nitrogens with zero attached hydrogens (tertiary/aromatic N) is 1. The zero-order valence-electron chi connectivity index (χ0n) is 14.7. The molecule has 0 radical (unpaired) electrons. The number of aromatic nitrogens is 1. The summed E-state index contributed by atoms with van der Waals surface area (Å²) in [6.45, 7) is 0.194. The Balaban J connectivity index is 1.95. The lowest BCUT2D eigenvalue weighted by Gasteiger charge is -2.15. The first-order valence-electron chi connectivity index (χ1n) is 7.72. The van der Waals surface area contributed by atoms with Crippen LogP contribution in [0.2, 0.25) is 0 Å². The minimum absolute atomic E-state index is 0.0192. The normalized spacial score (nSPS) is 10.3. The highest BCUT2D eigenvalue weighted by atomic mass is 32.1. The Labute approximate surface area is 154 Å². The van der Waals surface area contributed by atoms with E-state index in [0.29, 0.717) is 28.7 Å². The van der Waals surface area contributed by atoms with E-state index in [1.807, 2.05) is 6.07 Å². The number of hydrogen-bond donors (Lipinski definition) is 2. The zero-order valence-corrected chi connectivity index (χ0v) is 15.5. The van der Waals surface area contributed by atoms with E-state index in [0.717, 1.165) is 5.56 Å². The van der Waals surface area contributed by atoms with Crippen LogP contribution in [0.5, 0.6) is 17.2 Å². The number of methoxy groups -OCH3 is 3. The lowest BCUT2D eigenvalue weighted by atomic mass is 10.1. The summed E-state index contributed by atoms with van der Waals surface area (Å²) in [5.41, 5.74) is 0.803. The molecule has 2 aromatic rings. The number of ether oxygens (including phenoxy) is 3. The highest BCUT2D eigenvalue weighted by Gasteiger charge is 2.16. The van der Waals surface area contributed by atoms with Gasteiger partial charge in [0.15, 0.2) is 17.2 Å². The van der Waals surface area contributed by atoms with Crippen LogP contribution in [0.15, 0.2) is 17.5 Å². The van der Waals surface area contributed by atoms with Gasteiger partial charge in [-0.05, 0) is 18.1 Å². The SMILES string of the molecule is COc1ccc(CCC(=O)NCc2nc(C(=O)O)cs2)c(OC)c1OC. The molecule has 0 aliphatic rings. The number of carboxylic acids is 1. The fourth-order valence-electron chi connectivity index (χ4n) is 2.36. The minimum atomic E-state index is -1.08. The molecule has 0 fully saturated rings. The van der Waals surface area contributed by atoms with E-state index in [9.17, 15) is 9.59 Å². The second-order valence-corrected chi connectivity index (χ2v) is 6.14. The van der Waals surface area contributed by atoms with Crippen molar-refractivity contribution in [1.82, 2.24) is 10.3 Å². The lowest BCUT2D eigenvalue weighted by Crippen LogP contribution is -2.23. The molecule has 2 rings (SSSR count). The Morgan fingerprint density at radius 2 is 1.88 bits per heavy atom. The Kier molecular flexibility index (Phi) is 6.79. The van der Waals surface area contributed by atoms with Gasteiger partial charge in [-0.2, -0.15) is 0 Å². The van der Waals surface area contributed by atoms with Crippen molar-refractivity contribution < 1.29 is 28.9 Å². The molecule has 1 aromatic heterocycles. The molecule has 2 N–H and O–H groups in total. The van der Waals surface area contributed by atoms with Crippen LogP contribution in [-0.4, -0.2) is 43.3 Å². The number of aromatic carboxylic acids is 1. The molecular formula is C17H20N2O6S. The summed E-state index contributed by atoms with van der Waals surface area (Å²) in [5, 5.41) is 13.6. The second kappa shape index (κ2) is 9.04. The number of thiazole rings is 1. The van der Waals surface area contributed by atoms with Crippen molar-refractivity contribution in [3.05, 3.63) is 33.8 Å².